The van der Waals surface area contributed by atoms with Crippen LogP contribution in [0.5, 0.6) is 0 Å². The molecule has 0 amide bonds. The van der Waals surface area contributed by atoms with E-state index in [9.17, 15) is 8.42 Å². The molecule has 0 saturated carbocycles. The quantitative estimate of drug-likeness (QED) is 0.570. The summed E-state index contributed by atoms with van der Waals surface area (Å²) in [6.07, 6.45) is 2.78. The molecule has 4 rings (SSSR count). The predicted octanol–water partition coefficient (Wildman–Crippen LogP) is 4.20. The first kappa shape index (κ1) is 21.1. The summed E-state index contributed by atoms with van der Waals surface area (Å²) in [6, 6.07) is 14.9. The van der Waals surface area contributed by atoms with Crippen molar-refractivity contribution in [2.24, 2.45) is 0 Å². The number of aryl methyl sites for hydroxylation is 1. The average Bonchev–Trinajstić information content (AvgIpc) is 3.13. The Hall–Kier alpha value is -2.19. The summed E-state index contributed by atoms with van der Waals surface area (Å²) < 4.78 is 34.8. The molecule has 6 nitrogen and oxygen atoms in total. The van der Waals surface area contributed by atoms with Crippen LogP contribution in [0.4, 0.5) is 0 Å². The minimum Gasteiger partial charge on any atom is -0.379 e. The van der Waals surface area contributed by atoms with Crippen LogP contribution in [0.25, 0.3) is 22.1 Å². The van der Waals surface area contributed by atoms with Crippen molar-refractivity contribution in [2.75, 3.05) is 26.3 Å². The van der Waals surface area contributed by atoms with Crippen LogP contribution in [0.1, 0.15) is 24.7 Å². The number of imidazole rings is 1. The summed E-state index contributed by atoms with van der Waals surface area (Å²) in [4.78, 5) is 4.95. The second-order valence-electron chi connectivity index (χ2n) is 7.16. The molecule has 1 fully saturated rings. The Morgan fingerprint density at radius 3 is 2.60 bits per heavy atom. The SMILES string of the molecule is CCCn1c(C(Cl)=Cc2ccccc2)nc2cc(S(=O)(=O)N3CCOCC3)ccc21. The van der Waals surface area contributed by atoms with E-state index in [2.05, 4.69) is 6.92 Å². The number of nitrogens with zero attached hydrogens (tertiary/aromatic N) is 3. The van der Waals surface area contributed by atoms with Gasteiger partial charge in [-0.25, -0.2) is 13.4 Å². The first-order valence-electron chi connectivity index (χ1n) is 10.0. The Morgan fingerprint density at radius 1 is 1.17 bits per heavy atom. The zero-order chi connectivity index (χ0) is 21.1. The molecule has 1 aliphatic rings. The van der Waals surface area contributed by atoms with Gasteiger partial charge in [-0.15, -0.1) is 0 Å². The molecule has 0 unspecified atom stereocenters. The minimum absolute atomic E-state index is 0.243. The molecule has 0 N–H and O–H groups in total. The average molecular weight is 446 g/mol. The van der Waals surface area contributed by atoms with Gasteiger partial charge < -0.3 is 9.30 Å². The fourth-order valence-corrected chi connectivity index (χ4v) is 5.30. The maximum Gasteiger partial charge on any atom is 0.243 e. The fourth-order valence-electron chi connectivity index (χ4n) is 3.60. The van der Waals surface area contributed by atoms with Crippen molar-refractivity contribution in [3.63, 3.8) is 0 Å². The molecular weight excluding hydrogens is 422 g/mol. The van der Waals surface area contributed by atoms with Crippen molar-refractivity contribution < 1.29 is 13.2 Å². The van der Waals surface area contributed by atoms with E-state index in [4.69, 9.17) is 21.3 Å². The fraction of sp³-hybridized carbons (Fsp3) is 0.318. The summed E-state index contributed by atoms with van der Waals surface area (Å²) in [5.74, 6) is 0.637. The molecule has 0 spiro atoms. The van der Waals surface area contributed by atoms with Gasteiger partial charge in [0.15, 0.2) is 5.82 Å². The maximum atomic E-state index is 13.0. The molecule has 1 aliphatic heterocycles. The highest BCUT2D eigenvalue weighted by Crippen LogP contribution is 2.29. The van der Waals surface area contributed by atoms with Gasteiger partial charge in [-0.3, -0.25) is 0 Å². The number of sulfonamides is 1. The van der Waals surface area contributed by atoms with Crippen molar-refractivity contribution in [3.8, 4) is 0 Å². The first-order valence-corrected chi connectivity index (χ1v) is 11.8. The van der Waals surface area contributed by atoms with Crippen LogP contribution in [0, 0.1) is 0 Å². The largest absolute Gasteiger partial charge is 0.379 e. The number of morpholine rings is 1. The predicted molar refractivity (Wildman–Crippen MR) is 120 cm³/mol. The summed E-state index contributed by atoms with van der Waals surface area (Å²) in [6.45, 7) is 4.37. The lowest BCUT2D eigenvalue weighted by atomic mass is 10.2. The van der Waals surface area contributed by atoms with Crippen LogP contribution < -0.4 is 0 Å². The molecule has 1 aromatic heterocycles. The van der Waals surface area contributed by atoms with Gasteiger partial charge in [0.1, 0.15) is 0 Å². The molecule has 0 radical (unpaired) electrons. The Balaban J connectivity index is 1.77. The second-order valence-corrected chi connectivity index (χ2v) is 9.50. The topological polar surface area (TPSA) is 64.4 Å². The van der Waals surface area contributed by atoms with E-state index in [0.29, 0.717) is 42.7 Å². The number of aromatic nitrogens is 2. The number of halogens is 1. The number of fused-ring (bicyclic) bond motifs is 1. The second kappa shape index (κ2) is 8.89. The van der Waals surface area contributed by atoms with Crippen molar-refractivity contribution in [2.45, 2.75) is 24.8 Å². The molecule has 30 heavy (non-hydrogen) atoms. The van der Waals surface area contributed by atoms with E-state index in [1.54, 1.807) is 12.1 Å². The standard InChI is InChI=1S/C22H24ClN3O3S/c1-2-10-26-21-9-8-18(30(27,28)25-11-13-29-14-12-25)16-20(21)24-22(26)19(23)15-17-6-4-3-5-7-17/h3-9,15-16H,2,10-14H2,1H3. The summed E-state index contributed by atoms with van der Waals surface area (Å²) in [5.41, 5.74) is 2.47. The van der Waals surface area contributed by atoms with Crippen LogP contribution in [-0.4, -0.2) is 48.6 Å². The van der Waals surface area contributed by atoms with Gasteiger partial charge in [0.25, 0.3) is 0 Å². The Labute approximate surface area is 181 Å². The summed E-state index contributed by atoms with van der Waals surface area (Å²) in [5, 5.41) is 0.517. The number of rotatable bonds is 6. The summed E-state index contributed by atoms with van der Waals surface area (Å²) in [7, 11) is -3.58. The highest BCUT2D eigenvalue weighted by atomic mass is 35.5. The number of hydrogen-bond donors (Lipinski definition) is 0. The molecule has 2 heterocycles. The highest BCUT2D eigenvalue weighted by Gasteiger charge is 2.27. The van der Waals surface area contributed by atoms with E-state index in [0.717, 1.165) is 24.0 Å². The van der Waals surface area contributed by atoms with Crippen molar-refractivity contribution in [1.82, 2.24) is 13.9 Å². The third-order valence-electron chi connectivity index (χ3n) is 5.08. The zero-order valence-corrected chi connectivity index (χ0v) is 18.4. The van der Waals surface area contributed by atoms with Gasteiger partial charge in [-0.2, -0.15) is 4.31 Å². The smallest absolute Gasteiger partial charge is 0.243 e. The molecule has 2 aromatic carbocycles. The molecular formula is C22H24ClN3O3S. The van der Waals surface area contributed by atoms with Crippen molar-refractivity contribution in [3.05, 3.63) is 59.9 Å². The molecule has 1 saturated heterocycles. The minimum atomic E-state index is -3.58. The lowest BCUT2D eigenvalue weighted by Gasteiger charge is -2.26. The van der Waals surface area contributed by atoms with E-state index < -0.39 is 10.0 Å². The number of benzene rings is 2. The van der Waals surface area contributed by atoms with Crippen LogP contribution in [-0.2, 0) is 21.3 Å². The molecule has 158 valence electrons. The van der Waals surface area contributed by atoms with Gasteiger partial charge in [-0.1, -0.05) is 48.9 Å². The molecule has 0 bridgehead atoms. The Kier molecular flexibility index (Phi) is 6.24. The van der Waals surface area contributed by atoms with Crippen LogP contribution in [0.3, 0.4) is 0 Å². The van der Waals surface area contributed by atoms with Crippen molar-refractivity contribution in [1.29, 1.82) is 0 Å². The van der Waals surface area contributed by atoms with E-state index in [1.807, 2.05) is 47.0 Å². The lowest BCUT2D eigenvalue weighted by Crippen LogP contribution is -2.40. The number of hydrogen-bond acceptors (Lipinski definition) is 4. The van der Waals surface area contributed by atoms with E-state index in [1.165, 1.54) is 4.31 Å². The number of ether oxygens (including phenoxy) is 1. The zero-order valence-electron chi connectivity index (χ0n) is 16.8. The van der Waals surface area contributed by atoms with Gasteiger partial charge in [0, 0.05) is 19.6 Å². The highest BCUT2D eigenvalue weighted by molar-refractivity contribution is 7.89. The van der Waals surface area contributed by atoms with Crippen molar-refractivity contribution >= 4 is 43.8 Å². The van der Waals surface area contributed by atoms with Crippen LogP contribution in [0.15, 0.2) is 53.4 Å². The maximum absolute atomic E-state index is 13.0. The normalized spacial score (nSPS) is 16.3. The molecule has 0 aliphatic carbocycles. The van der Waals surface area contributed by atoms with Gasteiger partial charge in [0.05, 0.1) is 34.2 Å². The van der Waals surface area contributed by atoms with Crippen LogP contribution >= 0.6 is 11.6 Å². The van der Waals surface area contributed by atoms with Gasteiger partial charge >= 0.3 is 0 Å². The van der Waals surface area contributed by atoms with Gasteiger partial charge in [-0.05, 0) is 36.3 Å². The van der Waals surface area contributed by atoms with Gasteiger partial charge in [0.2, 0.25) is 10.0 Å². The molecule has 3 aromatic rings. The first-order chi connectivity index (χ1) is 14.5. The Bertz CT molecular complexity index is 1170. The summed E-state index contributed by atoms with van der Waals surface area (Å²) >= 11 is 6.64. The third kappa shape index (κ3) is 4.16. The lowest BCUT2D eigenvalue weighted by molar-refractivity contribution is 0.0730. The Morgan fingerprint density at radius 2 is 1.90 bits per heavy atom. The third-order valence-corrected chi connectivity index (χ3v) is 7.25. The van der Waals surface area contributed by atoms with E-state index in [-0.39, 0.29) is 4.90 Å². The van der Waals surface area contributed by atoms with Crippen LogP contribution in [0.2, 0.25) is 0 Å². The monoisotopic (exact) mass is 445 g/mol. The molecule has 0 atom stereocenters. The van der Waals surface area contributed by atoms with E-state index >= 15 is 0 Å². The molecule has 8 heteroatoms.